The maximum Gasteiger partial charge on any atom is 0.328 e. The molecule has 3 nitrogen and oxygen atoms in total. The van der Waals surface area contributed by atoms with E-state index in [0.717, 1.165) is 12.1 Å². The van der Waals surface area contributed by atoms with E-state index in [1.54, 1.807) is 12.1 Å². The largest absolute Gasteiger partial charge is 0.478 e. The molecular weight excluding hydrogens is 346 g/mol. The first-order valence-electron chi connectivity index (χ1n) is 5.80. The maximum absolute atomic E-state index is 13.6. The zero-order valence-electron chi connectivity index (χ0n) is 10.5. The van der Waals surface area contributed by atoms with Crippen LogP contribution in [0.3, 0.4) is 0 Å². The molecule has 21 heavy (non-hydrogen) atoms. The van der Waals surface area contributed by atoms with E-state index in [1.807, 2.05) is 0 Å². The number of benzene rings is 2. The Labute approximate surface area is 127 Å². The van der Waals surface area contributed by atoms with Crippen LogP contribution in [-0.4, -0.2) is 11.1 Å². The first-order valence-corrected chi connectivity index (χ1v) is 6.59. The van der Waals surface area contributed by atoms with E-state index in [4.69, 9.17) is 9.84 Å². The van der Waals surface area contributed by atoms with Gasteiger partial charge in [-0.05, 0) is 36.4 Å². The molecule has 1 N–H and O–H groups in total. The molecule has 0 aromatic heterocycles. The third-order valence-corrected chi connectivity index (χ3v) is 3.01. The summed E-state index contributed by atoms with van der Waals surface area (Å²) in [5.41, 5.74) is 0.412. The van der Waals surface area contributed by atoms with Crippen molar-refractivity contribution < 1.29 is 23.4 Å². The summed E-state index contributed by atoms with van der Waals surface area (Å²) in [5, 5.41) is 8.66. The third kappa shape index (κ3) is 3.88. The lowest BCUT2D eigenvalue weighted by Crippen LogP contribution is -1.94. The van der Waals surface area contributed by atoms with Crippen LogP contribution in [0.2, 0.25) is 0 Å². The minimum absolute atomic E-state index is 0.209. The summed E-state index contributed by atoms with van der Waals surface area (Å²) < 4.78 is 32.8. The minimum atomic E-state index is -1.13. The van der Waals surface area contributed by atoms with Gasteiger partial charge < -0.3 is 9.84 Å². The Morgan fingerprint density at radius 1 is 1.19 bits per heavy atom. The van der Waals surface area contributed by atoms with Gasteiger partial charge in [-0.1, -0.05) is 22.0 Å². The molecule has 0 aliphatic rings. The third-order valence-electron chi connectivity index (χ3n) is 2.51. The second-order valence-corrected chi connectivity index (χ2v) is 4.92. The van der Waals surface area contributed by atoms with Crippen molar-refractivity contribution in [2.75, 3.05) is 0 Å². The second kappa shape index (κ2) is 6.49. The van der Waals surface area contributed by atoms with Crippen LogP contribution in [0.25, 0.3) is 6.08 Å². The number of hydrogen-bond acceptors (Lipinski definition) is 2. The molecule has 0 saturated carbocycles. The fourth-order valence-electron chi connectivity index (χ4n) is 1.58. The van der Waals surface area contributed by atoms with Crippen LogP contribution >= 0.6 is 15.9 Å². The fraction of sp³-hybridized carbons (Fsp3) is 0. The van der Waals surface area contributed by atoms with Crippen molar-refractivity contribution in [3.05, 3.63) is 64.1 Å². The molecule has 0 unspecified atom stereocenters. The minimum Gasteiger partial charge on any atom is -0.478 e. The quantitative estimate of drug-likeness (QED) is 0.815. The van der Waals surface area contributed by atoms with Crippen molar-refractivity contribution in [3.63, 3.8) is 0 Å². The molecule has 2 rings (SSSR count). The molecule has 0 heterocycles. The summed E-state index contributed by atoms with van der Waals surface area (Å²) in [7, 11) is 0. The Balaban J connectivity index is 2.39. The number of carbonyl (C=O) groups is 1. The van der Waals surface area contributed by atoms with Crippen molar-refractivity contribution in [3.8, 4) is 11.5 Å². The molecular formula is C15H9BrF2O3. The topological polar surface area (TPSA) is 46.5 Å². The van der Waals surface area contributed by atoms with E-state index < -0.39 is 17.6 Å². The molecule has 0 bridgehead atoms. The predicted molar refractivity (Wildman–Crippen MR) is 77.2 cm³/mol. The average molecular weight is 355 g/mol. The Bertz CT molecular complexity index is 714. The van der Waals surface area contributed by atoms with Gasteiger partial charge in [0.15, 0.2) is 11.6 Å². The Morgan fingerprint density at radius 3 is 2.67 bits per heavy atom. The second-order valence-electron chi connectivity index (χ2n) is 4.01. The van der Waals surface area contributed by atoms with Crippen LogP contribution in [0.15, 0.2) is 46.9 Å². The first kappa shape index (κ1) is 15.2. The Morgan fingerprint density at radius 2 is 1.95 bits per heavy atom. The summed E-state index contributed by atoms with van der Waals surface area (Å²) in [4.78, 5) is 10.6. The summed E-state index contributed by atoms with van der Waals surface area (Å²) in [6.45, 7) is 0. The first-order chi connectivity index (χ1) is 9.97. The van der Waals surface area contributed by atoms with Crippen molar-refractivity contribution >= 4 is 28.0 Å². The summed E-state index contributed by atoms with van der Waals surface area (Å²) in [6.07, 6.45) is 2.23. The van der Waals surface area contributed by atoms with Crippen LogP contribution in [0.1, 0.15) is 5.56 Å². The van der Waals surface area contributed by atoms with Crippen molar-refractivity contribution in [2.24, 2.45) is 0 Å². The van der Waals surface area contributed by atoms with Crippen molar-refractivity contribution in [2.45, 2.75) is 0 Å². The van der Waals surface area contributed by atoms with Gasteiger partial charge in [0, 0.05) is 16.1 Å². The average Bonchev–Trinajstić information content (AvgIpc) is 2.43. The smallest absolute Gasteiger partial charge is 0.328 e. The molecule has 0 fully saturated rings. The zero-order valence-corrected chi connectivity index (χ0v) is 12.1. The van der Waals surface area contributed by atoms with Gasteiger partial charge in [0.1, 0.15) is 5.75 Å². The highest BCUT2D eigenvalue weighted by Gasteiger charge is 2.11. The molecule has 6 heteroatoms. The number of hydrogen-bond donors (Lipinski definition) is 1. The van der Waals surface area contributed by atoms with E-state index in [1.165, 1.54) is 24.3 Å². The summed E-state index contributed by atoms with van der Waals surface area (Å²) in [5.74, 6) is -3.32. The normalized spacial score (nSPS) is 10.8. The van der Waals surface area contributed by atoms with Crippen LogP contribution in [0.4, 0.5) is 8.78 Å². The molecule has 2 aromatic rings. The SMILES string of the molecule is O=C(O)/C=C/c1cc(Br)ccc1Oc1cccc(F)c1F. The van der Waals surface area contributed by atoms with E-state index in [2.05, 4.69) is 15.9 Å². The molecule has 0 amide bonds. The number of halogens is 3. The van der Waals surface area contributed by atoms with Crippen LogP contribution in [-0.2, 0) is 4.79 Å². The van der Waals surface area contributed by atoms with Gasteiger partial charge in [0.2, 0.25) is 5.82 Å². The highest BCUT2D eigenvalue weighted by Crippen LogP contribution is 2.31. The molecule has 0 saturated heterocycles. The Hall–Kier alpha value is -2.21. The van der Waals surface area contributed by atoms with Gasteiger partial charge in [-0.25, -0.2) is 9.18 Å². The number of rotatable bonds is 4. The molecule has 0 spiro atoms. The van der Waals surface area contributed by atoms with E-state index in [0.29, 0.717) is 10.0 Å². The van der Waals surface area contributed by atoms with Gasteiger partial charge in [0.05, 0.1) is 0 Å². The van der Waals surface area contributed by atoms with Crippen LogP contribution in [0, 0.1) is 11.6 Å². The van der Waals surface area contributed by atoms with Crippen LogP contribution in [0.5, 0.6) is 11.5 Å². The van der Waals surface area contributed by atoms with E-state index >= 15 is 0 Å². The van der Waals surface area contributed by atoms with Crippen molar-refractivity contribution in [1.29, 1.82) is 0 Å². The molecule has 0 aliphatic heterocycles. The van der Waals surface area contributed by atoms with Gasteiger partial charge in [-0.2, -0.15) is 4.39 Å². The van der Waals surface area contributed by atoms with Gasteiger partial charge in [0.25, 0.3) is 0 Å². The molecule has 2 aromatic carbocycles. The standard InChI is InChI=1S/C15H9BrF2O3/c16-10-5-6-12(9(8-10)4-7-14(19)20)21-13-3-1-2-11(17)15(13)18/h1-8H,(H,19,20)/b7-4+. The molecule has 108 valence electrons. The van der Waals surface area contributed by atoms with Gasteiger partial charge in [-0.15, -0.1) is 0 Å². The lowest BCUT2D eigenvalue weighted by Gasteiger charge is -2.10. The number of carboxylic acids is 1. The van der Waals surface area contributed by atoms with Gasteiger partial charge >= 0.3 is 5.97 Å². The zero-order chi connectivity index (χ0) is 15.4. The molecule has 0 aliphatic carbocycles. The number of ether oxygens (including phenoxy) is 1. The molecule has 0 radical (unpaired) electrons. The fourth-order valence-corrected chi connectivity index (χ4v) is 1.96. The van der Waals surface area contributed by atoms with Crippen molar-refractivity contribution in [1.82, 2.24) is 0 Å². The Kier molecular flexibility index (Phi) is 4.70. The summed E-state index contributed by atoms with van der Waals surface area (Å²) >= 11 is 3.24. The predicted octanol–water partition coefficient (Wildman–Crippen LogP) is 4.62. The number of carboxylic acid groups (broad SMARTS) is 1. The monoisotopic (exact) mass is 354 g/mol. The van der Waals surface area contributed by atoms with E-state index in [-0.39, 0.29) is 11.5 Å². The van der Waals surface area contributed by atoms with E-state index in [9.17, 15) is 13.6 Å². The van der Waals surface area contributed by atoms with Gasteiger partial charge in [-0.3, -0.25) is 0 Å². The molecule has 0 atom stereocenters. The lowest BCUT2D eigenvalue weighted by molar-refractivity contribution is -0.131. The highest BCUT2D eigenvalue weighted by molar-refractivity contribution is 9.10. The number of aliphatic carboxylic acids is 1. The van der Waals surface area contributed by atoms with Crippen LogP contribution < -0.4 is 4.74 Å². The lowest BCUT2D eigenvalue weighted by atomic mass is 10.2. The highest BCUT2D eigenvalue weighted by atomic mass is 79.9. The maximum atomic E-state index is 13.6. The summed E-state index contributed by atoms with van der Waals surface area (Å²) in [6, 6.07) is 8.35.